The van der Waals surface area contributed by atoms with Gasteiger partial charge in [-0.15, -0.1) is 24.6 Å². The highest BCUT2D eigenvalue weighted by Crippen LogP contribution is 1.55. The van der Waals surface area contributed by atoms with Crippen LogP contribution in [0.5, 0.6) is 0 Å². The summed E-state index contributed by atoms with van der Waals surface area (Å²) < 4.78 is 0. The second kappa shape index (κ2) is 8.82. The van der Waals surface area contributed by atoms with Crippen molar-refractivity contribution in [1.29, 1.82) is 0 Å². The van der Waals surface area contributed by atoms with E-state index >= 15 is 0 Å². The van der Waals surface area contributed by atoms with Crippen molar-refractivity contribution in [3.8, 4) is 0 Å². The molecule has 0 radical (unpaired) electrons. The molecule has 0 aliphatic rings. The molecule has 0 saturated carbocycles. The summed E-state index contributed by atoms with van der Waals surface area (Å²) in [6.07, 6.45) is 0. The van der Waals surface area contributed by atoms with Crippen LogP contribution in [-0.4, -0.2) is 9.52 Å². The normalized spacial score (nSPS) is 5.33. The molecule has 0 N–H and O–H groups in total. The summed E-state index contributed by atoms with van der Waals surface area (Å²) in [6, 6.07) is 0. The monoisotopic (exact) mass is 104 g/mol. The first-order valence-corrected chi connectivity index (χ1v) is 3.27. The zero-order valence-corrected chi connectivity index (χ0v) is 5.10. The maximum absolute atomic E-state index is 3.54. The van der Waals surface area contributed by atoms with Gasteiger partial charge < -0.3 is 0 Å². The fraction of sp³-hybridized carbons (Fsp3) is 0. The Morgan fingerprint density at radius 3 is 1.50 bits per heavy atom. The largest absolute Gasteiger partial charge is 0.269 e. The molecule has 0 aromatic rings. The minimum absolute atomic E-state index is 0. The van der Waals surface area contributed by atoms with E-state index in [2.05, 4.69) is 13.2 Å². The minimum atomic E-state index is -0.0401. The minimum Gasteiger partial charge on any atom is -0.269 e. The zero-order chi connectivity index (χ0) is 4.12. The summed E-state index contributed by atoms with van der Waals surface area (Å²) in [6.45, 7) is 7.08. The second-order valence-electron chi connectivity index (χ2n) is 0.813. The molecule has 0 aliphatic carbocycles. The third kappa shape index (κ3) is 9.46. The van der Waals surface area contributed by atoms with E-state index in [0.717, 1.165) is 0 Å². The summed E-state index contributed by atoms with van der Waals surface area (Å²) in [4.78, 5) is 0. The fourth-order valence-corrected chi connectivity index (χ4v) is 0.354. The summed E-state index contributed by atoms with van der Waals surface area (Å²) in [7, 11) is -0.0401. The third-order valence-corrected chi connectivity index (χ3v) is 1.00. The molecule has 0 spiro atoms. The molecule has 0 heterocycles. The van der Waals surface area contributed by atoms with Crippen molar-refractivity contribution >= 4 is 9.52 Å². The van der Waals surface area contributed by atoms with E-state index in [9.17, 15) is 0 Å². The number of halogens is 1. The van der Waals surface area contributed by atoms with Gasteiger partial charge in [0.05, 0.1) is 9.52 Å². The summed E-state index contributed by atoms with van der Waals surface area (Å²) in [5, 5.41) is 0. The van der Waals surface area contributed by atoms with Gasteiger partial charge in [0.1, 0.15) is 0 Å². The van der Waals surface area contributed by atoms with Gasteiger partial charge in [-0.2, -0.15) is 0 Å². The van der Waals surface area contributed by atoms with Crippen LogP contribution in [0.3, 0.4) is 0 Å². The van der Waals surface area contributed by atoms with E-state index in [0.29, 0.717) is 0 Å². The van der Waals surface area contributed by atoms with Crippen LogP contribution < -0.4 is 0 Å². The SMILES string of the molecule is C=C[SiH2]C=C.F. The molecule has 0 amide bonds. The average molecular weight is 104 g/mol. The third-order valence-electron chi connectivity index (χ3n) is 0.333. The van der Waals surface area contributed by atoms with E-state index in [4.69, 9.17) is 0 Å². The van der Waals surface area contributed by atoms with Gasteiger partial charge in [0.2, 0.25) is 0 Å². The van der Waals surface area contributed by atoms with Crippen molar-refractivity contribution in [2.24, 2.45) is 0 Å². The van der Waals surface area contributed by atoms with Crippen molar-refractivity contribution < 1.29 is 4.70 Å². The van der Waals surface area contributed by atoms with Crippen LogP contribution in [0.1, 0.15) is 0 Å². The average Bonchev–Trinajstić information content (AvgIpc) is 1.41. The molecule has 0 rings (SSSR count). The molecule has 0 atom stereocenters. The Labute approximate surface area is 39.8 Å². The fourth-order valence-electron chi connectivity index (χ4n) is 0.118. The Morgan fingerprint density at radius 1 is 1.17 bits per heavy atom. The van der Waals surface area contributed by atoms with E-state index in [1.807, 2.05) is 11.4 Å². The molecule has 0 aromatic heterocycles. The molecule has 0 fully saturated rings. The molecular weight excluding hydrogens is 95.1 g/mol. The first-order chi connectivity index (χ1) is 2.41. The highest BCUT2D eigenvalue weighted by Gasteiger charge is 1.55. The Balaban J connectivity index is 0. The van der Waals surface area contributed by atoms with Crippen molar-refractivity contribution in [2.75, 3.05) is 0 Å². The lowest BCUT2D eigenvalue weighted by molar-refractivity contribution is 1.11. The Kier molecular flexibility index (Phi) is 13.5. The van der Waals surface area contributed by atoms with E-state index < -0.39 is 0 Å². The van der Waals surface area contributed by atoms with Gasteiger partial charge in [-0.25, -0.2) is 0 Å². The van der Waals surface area contributed by atoms with Crippen LogP contribution >= 0.6 is 0 Å². The summed E-state index contributed by atoms with van der Waals surface area (Å²) >= 11 is 0. The zero-order valence-electron chi connectivity index (χ0n) is 3.68. The highest BCUT2D eigenvalue weighted by molar-refractivity contribution is 6.47. The van der Waals surface area contributed by atoms with Crippen LogP contribution in [0, 0.1) is 0 Å². The molecule has 2 heteroatoms. The predicted octanol–water partition coefficient (Wildman–Crippen LogP) is 0.595. The van der Waals surface area contributed by atoms with Crippen molar-refractivity contribution in [1.82, 2.24) is 0 Å². The van der Waals surface area contributed by atoms with Crippen LogP contribution in [0.15, 0.2) is 24.6 Å². The Morgan fingerprint density at radius 2 is 1.50 bits per heavy atom. The molecule has 36 valence electrons. The van der Waals surface area contributed by atoms with E-state index in [-0.39, 0.29) is 14.2 Å². The van der Waals surface area contributed by atoms with Crippen LogP contribution in [0.25, 0.3) is 0 Å². The van der Waals surface area contributed by atoms with Gasteiger partial charge in [-0.1, -0.05) is 0 Å². The van der Waals surface area contributed by atoms with Crippen molar-refractivity contribution in [3.05, 3.63) is 24.6 Å². The first kappa shape index (κ1) is 9.16. The van der Waals surface area contributed by atoms with Gasteiger partial charge in [0.15, 0.2) is 0 Å². The van der Waals surface area contributed by atoms with Gasteiger partial charge in [0, 0.05) is 0 Å². The molecule has 0 aliphatic heterocycles. The van der Waals surface area contributed by atoms with Gasteiger partial charge in [-0.05, 0) is 0 Å². The molecule has 6 heavy (non-hydrogen) atoms. The lowest BCUT2D eigenvalue weighted by Gasteiger charge is -1.62. The molecule has 0 saturated heterocycles. The topological polar surface area (TPSA) is 0 Å². The van der Waals surface area contributed by atoms with E-state index in [1.54, 1.807) is 0 Å². The first-order valence-electron chi connectivity index (χ1n) is 1.63. The number of rotatable bonds is 2. The summed E-state index contributed by atoms with van der Waals surface area (Å²) in [5.74, 6) is 0. The Bertz CT molecular complexity index is 36.8. The lowest BCUT2D eigenvalue weighted by atomic mass is 11.2. The maximum Gasteiger partial charge on any atom is 0.0676 e. The standard InChI is InChI=1S/C4H8Si.FH/c1-3-5-4-2;/h3-4H,1-2,5H2;1H. The van der Waals surface area contributed by atoms with Gasteiger partial charge in [-0.3, -0.25) is 4.70 Å². The molecule has 0 bridgehead atoms. The van der Waals surface area contributed by atoms with Crippen molar-refractivity contribution in [3.63, 3.8) is 0 Å². The molecule has 0 unspecified atom stereocenters. The predicted molar refractivity (Wildman–Crippen MR) is 31.4 cm³/mol. The van der Waals surface area contributed by atoms with Crippen LogP contribution in [-0.2, 0) is 0 Å². The van der Waals surface area contributed by atoms with Gasteiger partial charge >= 0.3 is 0 Å². The second-order valence-corrected chi connectivity index (χ2v) is 2.44. The summed E-state index contributed by atoms with van der Waals surface area (Å²) in [5.41, 5.74) is 3.90. The number of hydrogen-bond donors (Lipinski definition) is 0. The van der Waals surface area contributed by atoms with Crippen molar-refractivity contribution in [2.45, 2.75) is 0 Å². The quantitative estimate of drug-likeness (QED) is 0.450. The highest BCUT2D eigenvalue weighted by atomic mass is 28.2. The maximum atomic E-state index is 3.54. The molecule has 0 aromatic carbocycles. The van der Waals surface area contributed by atoms with Crippen LogP contribution in [0.2, 0.25) is 0 Å². The lowest BCUT2D eigenvalue weighted by Crippen LogP contribution is -1.67. The molecule has 0 nitrogen and oxygen atoms in total. The van der Waals surface area contributed by atoms with E-state index in [1.165, 1.54) is 0 Å². The smallest absolute Gasteiger partial charge is 0.0676 e. The Hall–Kier alpha value is -0.373. The van der Waals surface area contributed by atoms with Gasteiger partial charge in [0.25, 0.3) is 0 Å². The van der Waals surface area contributed by atoms with Crippen LogP contribution in [0.4, 0.5) is 4.70 Å². The number of hydrogen-bond acceptors (Lipinski definition) is 0. The molecular formula is C4H9FSi.